The SMILES string of the molecule is COC(=O)c1ccccc1NC(=O)c1cc(OC)c(OC)cc1N(C)S(C)(=O)=O. The van der Waals surface area contributed by atoms with Gasteiger partial charge in [0.2, 0.25) is 10.0 Å². The maximum Gasteiger partial charge on any atom is 0.339 e. The van der Waals surface area contributed by atoms with Crippen LogP contribution in [-0.4, -0.2) is 54.9 Å². The molecule has 0 atom stereocenters. The zero-order valence-corrected chi connectivity index (χ0v) is 17.5. The Morgan fingerprint density at radius 3 is 2.10 bits per heavy atom. The summed E-state index contributed by atoms with van der Waals surface area (Å²) in [5, 5.41) is 2.62. The van der Waals surface area contributed by atoms with Gasteiger partial charge in [-0.15, -0.1) is 0 Å². The molecule has 10 heteroatoms. The number of benzene rings is 2. The van der Waals surface area contributed by atoms with Crippen LogP contribution in [0.25, 0.3) is 0 Å². The number of carbonyl (C=O) groups is 2. The van der Waals surface area contributed by atoms with E-state index >= 15 is 0 Å². The minimum atomic E-state index is -3.67. The van der Waals surface area contributed by atoms with E-state index in [1.165, 1.54) is 52.6 Å². The summed E-state index contributed by atoms with van der Waals surface area (Å²) < 4.78 is 40.3. The number of methoxy groups -OCH3 is 3. The van der Waals surface area contributed by atoms with Gasteiger partial charge in [0.25, 0.3) is 5.91 Å². The van der Waals surface area contributed by atoms with Gasteiger partial charge >= 0.3 is 5.97 Å². The second kappa shape index (κ2) is 8.82. The molecule has 1 amide bonds. The maximum absolute atomic E-state index is 13.0. The van der Waals surface area contributed by atoms with Crippen molar-refractivity contribution < 1.29 is 32.2 Å². The van der Waals surface area contributed by atoms with Gasteiger partial charge in [-0.05, 0) is 18.2 Å². The lowest BCUT2D eigenvalue weighted by Gasteiger charge is -2.22. The first-order valence-electron chi connectivity index (χ1n) is 8.32. The monoisotopic (exact) mass is 422 g/mol. The van der Waals surface area contributed by atoms with Crippen molar-refractivity contribution in [2.24, 2.45) is 0 Å². The van der Waals surface area contributed by atoms with Crippen LogP contribution >= 0.6 is 0 Å². The van der Waals surface area contributed by atoms with Crippen LogP contribution in [0.1, 0.15) is 20.7 Å². The topological polar surface area (TPSA) is 111 Å². The first kappa shape index (κ1) is 22.0. The van der Waals surface area contributed by atoms with Gasteiger partial charge in [-0.3, -0.25) is 9.10 Å². The van der Waals surface area contributed by atoms with Crippen molar-refractivity contribution in [3.05, 3.63) is 47.5 Å². The highest BCUT2D eigenvalue weighted by Gasteiger charge is 2.24. The summed E-state index contributed by atoms with van der Waals surface area (Å²) in [7, 11) is 1.67. The van der Waals surface area contributed by atoms with E-state index in [1.54, 1.807) is 12.1 Å². The molecule has 0 aliphatic rings. The number of hydrogen-bond acceptors (Lipinski definition) is 7. The number of esters is 1. The Hall–Kier alpha value is -3.27. The summed E-state index contributed by atoms with van der Waals surface area (Å²) in [6.07, 6.45) is 1.01. The smallest absolute Gasteiger partial charge is 0.339 e. The highest BCUT2D eigenvalue weighted by Crippen LogP contribution is 2.36. The molecule has 156 valence electrons. The molecule has 2 aromatic rings. The third-order valence-electron chi connectivity index (χ3n) is 4.16. The van der Waals surface area contributed by atoms with Crippen molar-refractivity contribution in [1.29, 1.82) is 0 Å². The fourth-order valence-corrected chi connectivity index (χ4v) is 3.07. The van der Waals surface area contributed by atoms with Crippen LogP contribution in [-0.2, 0) is 14.8 Å². The van der Waals surface area contributed by atoms with Crippen LogP contribution in [0.5, 0.6) is 11.5 Å². The zero-order chi connectivity index (χ0) is 21.8. The number of hydrogen-bond donors (Lipinski definition) is 1. The lowest BCUT2D eigenvalue weighted by molar-refractivity contribution is 0.0602. The molecule has 0 radical (unpaired) electrons. The normalized spacial score (nSPS) is 10.8. The molecule has 0 saturated carbocycles. The third kappa shape index (κ3) is 4.77. The van der Waals surface area contributed by atoms with Crippen LogP contribution in [0.2, 0.25) is 0 Å². The molecule has 2 rings (SSSR count). The Kier molecular flexibility index (Phi) is 6.70. The second-order valence-corrected chi connectivity index (χ2v) is 7.96. The molecular weight excluding hydrogens is 400 g/mol. The predicted octanol–water partition coefficient (Wildman–Crippen LogP) is 2.14. The Morgan fingerprint density at radius 2 is 1.55 bits per heavy atom. The lowest BCUT2D eigenvalue weighted by Crippen LogP contribution is -2.28. The van der Waals surface area contributed by atoms with Gasteiger partial charge in [0, 0.05) is 13.1 Å². The largest absolute Gasteiger partial charge is 0.493 e. The number of ether oxygens (including phenoxy) is 3. The second-order valence-electron chi connectivity index (χ2n) is 5.95. The minimum Gasteiger partial charge on any atom is -0.493 e. The number of para-hydroxylation sites is 1. The third-order valence-corrected chi connectivity index (χ3v) is 5.36. The molecule has 2 aromatic carbocycles. The molecule has 9 nitrogen and oxygen atoms in total. The number of carbonyl (C=O) groups excluding carboxylic acids is 2. The van der Waals surface area contributed by atoms with E-state index in [1.807, 2.05) is 0 Å². The molecule has 0 saturated heterocycles. The predicted molar refractivity (Wildman–Crippen MR) is 109 cm³/mol. The number of amides is 1. The van der Waals surface area contributed by atoms with E-state index in [-0.39, 0.29) is 34.0 Å². The van der Waals surface area contributed by atoms with E-state index in [4.69, 9.17) is 14.2 Å². The molecule has 0 aliphatic heterocycles. The standard InChI is InChI=1S/C19H22N2O7S/c1-21(29(5,24)25)15-11-17(27-3)16(26-2)10-13(15)18(22)20-14-9-7-6-8-12(14)19(23)28-4/h6-11H,1-5H3,(H,20,22). The molecule has 0 fully saturated rings. The Morgan fingerprint density at radius 1 is 0.966 bits per heavy atom. The molecular formula is C19H22N2O7S. The van der Waals surface area contributed by atoms with E-state index in [0.29, 0.717) is 0 Å². The molecule has 0 spiro atoms. The minimum absolute atomic E-state index is 0.00949. The van der Waals surface area contributed by atoms with Crippen molar-refractivity contribution in [2.75, 3.05) is 44.3 Å². The van der Waals surface area contributed by atoms with E-state index in [0.717, 1.165) is 10.6 Å². The van der Waals surface area contributed by atoms with Crippen molar-refractivity contribution in [1.82, 2.24) is 0 Å². The maximum atomic E-state index is 13.0. The van der Waals surface area contributed by atoms with Crippen LogP contribution in [0.3, 0.4) is 0 Å². The van der Waals surface area contributed by atoms with Gasteiger partial charge in [0.05, 0.1) is 50.1 Å². The fraction of sp³-hybridized carbons (Fsp3) is 0.263. The summed E-state index contributed by atoms with van der Waals surface area (Å²) in [4.78, 5) is 25.0. The van der Waals surface area contributed by atoms with Gasteiger partial charge < -0.3 is 19.5 Å². The van der Waals surface area contributed by atoms with Crippen LogP contribution in [0.4, 0.5) is 11.4 Å². The summed E-state index contributed by atoms with van der Waals surface area (Å²) in [5.74, 6) is -0.774. The first-order valence-corrected chi connectivity index (χ1v) is 10.2. The van der Waals surface area contributed by atoms with Crippen LogP contribution < -0.4 is 19.1 Å². The van der Waals surface area contributed by atoms with Crippen molar-refractivity contribution >= 4 is 33.3 Å². The van der Waals surface area contributed by atoms with Gasteiger partial charge in [0.15, 0.2) is 11.5 Å². The highest BCUT2D eigenvalue weighted by molar-refractivity contribution is 7.92. The molecule has 0 aromatic heterocycles. The van der Waals surface area contributed by atoms with Gasteiger partial charge in [-0.2, -0.15) is 0 Å². The highest BCUT2D eigenvalue weighted by atomic mass is 32.2. The molecule has 29 heavy (non-hydrogen) atoms. The summed E-state index contributed by atoms with van der Waals surface area (Å²) >= 11 is 0. The van der Waals surface area contributed by atoms with Crippen molar-refractivity contribution in [2.45, 2.75) is 0 Å². The van der Waals surface area contributed by atoms with Gasteiger partial charge in [0.1, 0.15) is 0 Å². The molecule has 1 N–H and O–H groups in total. The first-order chi connectivity index (χ1) is 13.6. The quantitative estimate of drug-likeness (QED) is 0.681. The molecule has 0 aliphatic carbocycles. The number of nitrogens with zero attached hydrogens (tertiary/aromatic N) is 1. The number of sulfonamides is 1. The molecule has 0 heterocycles. The Bertz CT molecular complexity index is 1030. The van der Waals surface area contributed by atoms with E-state index in [9.17, 15) is 18.0 Å². The van der Waals surface area contributed by atoms with E-state index < -0.39 is 21.9 Å². The van der Waals surface area contributed by atoms with Crippen molar-refractivity contribution in [3.8, 4) is 11.5 Å². The van der Waals surface area contributed by atoms with Crippen LogP contribution in [0, 0.1) is 0 Å². The van der Waals surface area contributed by atoms with Crippen LogP contribution in [0.15, 0.2) is 36.4 Å². The summed E-state index contributed by atoms with van der Waals surface area (Å²) in [6, 6.07) is 9.05. The fourth-order valence-electron chi connectivity index (χ4n) is 2.56. The number of nitrogens with one attached hydrogen (secondary N) is 1. The average molecular weight is 422 g/mol. The Labute approximate surface area is 169 Å². The Balaban J connectivity index is 2.58. The van der Waals surface area contributed by atoms with Crippen molar-refractivity contribution in [3.63, 3.8) is 0 Å². The number of rotatable bonds is 7. The van der Waals surface area contributed by atoms with Gasteiger partial charge in [-0.1, -0.05) is 12.1 Å². The summed E-state index contributed by atoms with van der Waals surface area (Å²) in [6.45, 7) is 0. The molecule has 0 bridgehead atoms. The number of anilines is 2. The lowest BCUT2D eigenvalue weighted by atomic mass is 10.1. The zero-order valence-electron chi connectivity index (χ0n) is 16.7. The molecule has 0 unspecified atom stereocenters. The van der Waals surface area contributed by atoms with Gasteiger partial charge in [-0.25, -0.2) is 13.2 Å². The average Bonchev–Trinajstić information content (AvgIpc) is 2.71. The summed E-state index contributed by atoms with van der Waals surface area (Å²) in [5.41, 5.74) is 0.461. The van der Waals surface area contributed by atoms with E-state index in [2.05, 4.69) is 5.32 Å².